The fourth-order valence-corrected chi connectivity index (χ4v) is 2.34. The van der Waals surface area contributed by atoms with E-state index in [4.69, 9.17) is 0 Å². The Bertz CT molecular complexity index is 734. The topological polar surface area (TPSA) is 72.2 Å². The molecular weight excluding hydrogens is 390 g/mol. The van der Waals surface area contributed by atoms with Crippen LogP contribution in [0.15, 0.2) is 36.4 Å². The Balaban J connectivity index is 2.33. The summed E-state index contributed by atoms with van der Waals surface area (Å²) in [5.74, 6) is -1.24. The van der Waals surface area contributed by atoms with Crippen LogP contribution in [0.1, 0.15) is 15.9 Å². The predicted octanol–water partition coefficient (Wildman–Crippen LogP) is 3.90. The van der Waals surface area contributed by atoms with Gasteiger partial charge in [0, 0.05) is 15.7 Å². The van der Waals surface area contributed by atoms with E-state index in [1.807, 2.05) is 35.6 Å². The molecule has 0 saturated heterocycles. The molecule has 0 bridgehead atoms. The average molecular weight is 400 g/mol. The molecule has 0 atom stereocenters. The van der Waals surface area contributed by atoms with Crippen LogP contribution in [0.2, 0.25) is 0 Å². The van der Waals surface area contributed by atoms with Crippen LogP contribution in [0.4, 0.5) is 15.8 Å². The van der Waals surface area contributed by atoms with Crippen molar-refractivity contribution in [3.8, 4) is 0 Å². The van der Waals surface area contributed by atoms with E-state index in [1.54, 1.807) is 12.1 Å². The quantitative estimate of drug-likeness (QED) is 0.483. The van der Waals surface area contributed by atoms with Crippen LogP contribution in [0, 0.1) is 26.4 Å². The van der Waals surface area contributed by atoms with Gasteiger partial charge in [0.2, 0.25) is 0 Å². The molecule has 1 N–H and O–H groups in total. The molecule has 2 rings (SSSR count). The van der Waals surface area contributed by atoms with Gasteiger partial charge in [0.25, 0.3) is 11.6 Å². The number of non-ortho nitro benzene ring substituents is 1. The van der Waals surface area contributed by atoms with E-state index in [0.29, 0.717) is 5.56 Å². The Morgan fingerprint density at radius 3 is 2.71 bits per heavy atom. The van der Waals surface area contributed by atoms with Crippen molar-refractivity contribution in [3.63, 3.8) is 0 Å². The Labute approximate surface area is 133 Å². The molecule has 0 spiro atoms. The number of amides is 1. The predicted molar refractivity (Wildman–Crippen MR) is 84.9 cm³/mol. The molecular formula is C14H10FIN2O3. The van der Waals surface area contributed by atoms with Crippen LogP contribution in [0.25, 0.3) is 0 Å². The third-order valence-corrected chi connectivity index (χ3v) is 4.28. The van der Waals surface area contributed by atoms with Crippen LogP contribution in [-0.4, -0.2) is 10.8 Å². The largest absolute Gasteiger partial charge is 0.319 e. The van der Waals surface area contributed by atoms with E-state index in [0.717, 1.165) is 27.3 Å². The van der Waals surface area contributed by atoms with Crippen molar-refractivity contribution >= 4 is 39.9 Å². The molecule has 0 aliphatic carbocycles. The first kappa shape index (κ1) is 15.4. The summed E-state index contributed by atoms with van der Waals surface area (Å²) >= 11 is 2.03. The number of hydrogen-bond acceptors (Lipinski definition) is 3. The number of carbonyl (C=O) groups excluding carboxylic acids is 1. The Morgan fingerprint density at radius 1 is 1.33 bits per heavy atom. The number of nitro benzene ring substituents is 1. The van der Waals surface area contributed by atoms with E-state index < -0.39 is 16.6 Å². The van der Waals surface area contributed by atoms with E-state index in [2.05, 4.69) is 5.32 Å². The second-order valence-corrected chi connectivity index (χ2v) is 5.39. The number of nitrogens with zero attached hydrogens (tertiary/aromatic N) is 1. The number of nitro groups is 1. The van der Waals surface area contributed by atoms with E-state index in [-0.39, 0.29) is 11.4 Å². The fraction of sp³-hybridized carbons (Fsp3) is 0.0714. The molecule has 21 heavy (non-hydrogen) atoms. The highest BCUT2D eigenvalue weighted by atomic mass is 127. The highest BCUT2D eigenvalue weighted by Crippen LogP contribution is 2.23. The van der Waals surface area contributed by atoms with Gasteiger partial charge in [0.05, 0.1) is 16.2 Å². The van der Waals surface area contributed by atoms with Crippen LogP contribution >= 0.6 is 22.6 Å². The maximum absolute atomic E-state index is 13.6. The molecule has 7 heteroatoms. The lowest BCUT2D eigenvalue weighted by atomic mass is 10.1. The van der Waals surface area contributed by atoms with Crippen molar-refractivity contribution in [1.82, 2.24) is 0 Å². The molecule has 0 aliphatic rings. The summed E-state index contributed by atoms with van der Waals surface area (Å²) in [6.07, 6.45) is 0. The minimum atomic E-state index is -0.725. The number of hydrogen-bond donors (Lipinski definition) is 1. The van der Waals surface area contributed by atoms with Gasteiger partial charge in [-0.2, -0.15) is 0 Å². The van der Waals surface area contributed by atoms with Gasteiger partial charge in [0.15, 0.2) is 0 Å². The summed E-state index contributed by atoms with van der Waals surface area (Å²) in [4.78, 5) is 22.2. The second kappa shape index (κ2) is 6.17. The number of rotatable bonds is 3. The number of aryl methyl sites for hydroxylation is 1. The molecule has 0 radical (unpaired) electrons. The summed E-state index contributed by atoms with van der Waals surface area (Å²) < 4.78 is 14.4. The highest BCUT2D eigenvalue weighted by molar-refractivity contribution is 14.1. The van der Waals surface area contributed by atoms with Crippen molar-refractivity contribution in [1.29, 1.82) is 0 Å². The van der Waals surface area contributed by atoms with Gasteiger partial charge >= 0.3 is 0 Å². The number of anilines is 1. The average Bonchev–Trinajstić information content (AvgIpc) is 2.43. The second-order valence-electron chi connectivity index (χ2n) is 4.31. The van der Waals surface area contributed by atoms with Gasteiger partial charge in [-0.05, 0) is 47.2 Å². The van der Waals surface area contributed by atoms with Gasteiger partial charge in [-0.3, -0.25) is 14.9 Å². The third kappa shape index (κ3) is 3.35. The Hall–Kier alpha value is -2.03. The number of benzene rings is 2. The lowest BCUT2D eigenvalue weighted by Gasteiger charge is -2.09. The monoisotopic (exact) mass is 400 g/mol. The molecule has 2 aromatic carbocycles. The van der Waals surface area contributed by atoms with Crippen molar-refractivity contribution in [2.24, 2.45) is 0 Å². The summed E-state index contributed by atoms with van der Waals surface area (Å²) in [6, 6.07) is 8.17. The minimum absolute atomic E-state index is 0.216. The summed E-state index contributed by atoms with van der Waals surface area (Å²) in [5, 5.41) is 13.1. The van der Waals surface area contributed by atoms with Crippen LogP contribution < -0.4 is 5.32 Å². The maximum atomic E-state index is 13.6. The zero-order chi connectivity index (χ0) is 15.6. The van der Waals surface area contributed by atoms with Gasteiger partial charge in [-0.25, -0.2) is 4.39 Å². The van der Waals surface area contributed by atoms with E-state index in [9.17, 15) is 19.3 Å². The first-order valence-corrected chi connectivity index (χ1v) is 6.98. The van der Waals surface area contributed by atoms with Crippen molar-refractivity contribution < 1.29 is 14.1 Å². The third-order valence-electron chi connectivity index (χ3n) is 2.85. The molecule has 5 nitrogen and oxygen atoms in total. The van der Waals surface area contributed by atoms with Crippen molar-refractivity contribution in [2.75, 3.05) is 5.32 Å². The molecule has 0 heterocycles. The zero-order valence-electron chi connectivity index (χ0n) is 10.9. The summed E-state index contributed by atoms with van der Waals surface area (Å²) in [5.41, 5.74) is 0.807. The summed E-state index contributed by atoms with van der Waals surface area (Å²) in [6.45, 7) is 1.85. The molecule has 0 fully saturated rings. The van der Waals surface area contributed by atoms with E-state index >= 15 is 0 Å². The normalized spacial score (nSPS) is 10.2. The lowest BCUT2D eigenvalue weighted by Crippen LogP contribution is -2.15. The molecule has 2 aromatic rings. The van der Waals surface area contributed by atoms with Crippen molar-refractivity contribution in [2.45, 2.75) is 6.92 Å². The molecule has 0 aliphatic heterocycles. The van der Waals surface area contributed by atoms with Crippen molar-refractivity contribution in [3.05, 3.63) is 67.0 Å². The van der Waals surface area contributed by atoms with Crippen LogP contribution in [0.5, 0.6) is 0 Å². The SMILES string of the molecule is Cc1cccc(C(=O)Nc2cc([N+](=O)[O-])ccc2F)c1I. The summed E-state index contributed by atoms with van der Waals surface area (Å²) in [7, 11) is 0. The fourth-order valence-electron chi connectivity index (χ4n) is 1.74. The molecule has 0 saturated carbocycles. The smallest absolute Gasteiger partial charge is 0.271 e. The number of carbonyl (C=O) groups is 1. The van der Waals surface area contributed by atoms with Crippen LogP contribution in [-0.2, 0) is 0 Å². The highest BCUT2D eigenvalue weighted by Gasteiger charge is 2.16. The Kier molecular flexibility index (Phi) is 4.51. The molecule has 1 amide bonds. The molecule has 108 valence electrons. The molecule has 0 unspecified atom stereocenters. The standard InChI is InChI=1S/C14H10FIN2O3/c1-8-3-2-4-10(13(8)16)14(19)17-12-7-9(18(20)21)5-6-11(12)15/h2-7H,1H3,(H,17,19). The maximum Gasteiger partial charge on any atom is 0.271 e. The van der Waals surface area contributed by atoms with Gasteiger partial charge in [0.1, 0.15) is 5.82 Å². The number of halogens is 2. The first-order valence-electron chi connectivity index (χ1n) is 5.90. The van der Waals surface area contributed by atoms with Gasteiger partial charge in [-0.15, -0.1) is 0 Å². The molecule has 0 aromatic heterocycles. The first-order chi connectivity index (χ1) is 9.90. The van der Waals surface area contributed by atoms with E-state index in [1.165, 1.54) is 0 Å². The lowest BCUT2D eigenvalue weighted by molar-refractivity contribution is -0.384. The number of nitrogens with one attached hydrogen (secondary N) is 1. The van der Waals surface area contributed by atoms with Gasteiger partial charge in [-0.1, -0.05) is 12.1 Å². The minimum Gasteiger partial charge on any atom is -0.319 e. The zero-order valence-corrected chi connectivity index (χ0v) is 13.0. The Morgan fingerprint density at radius 2 is 2.05 bits per heavy atom. The van der Waals surface area contributed by atoms with Gasteiger partial charge < -0.3 is 5.32 Å². The van der Waals surface area contributed by atoms with Crippen LogP contribution in [0.3, 0.4) is 0 Å².